The van der Waals surface area contributed by atoms with Gasteiger partial charge in [0.25, 0.3) is 11.4 Å². The van der Waals surface area contributed by atoms with Crippen LogP contribution >= 0.6 is 0 Å². The molecular weight excluding hydrogens is 308 g/mol. The van der Waals surface area contributed by atoms with Crippen molar-refractivity contribution in [1.82, 2.24) is 0 Å². The van der Waals surface area contributed by atoms with E-state index in [0.717, 1.165) is 36.8 Å². The van der Waals surface area contributed by atoms with Gasteiger partial charge in [-0.1, -0.05) is 34.6 Å². The third kappa shape index (κ3) is 2.58. The first-order valence-electron chi connectivity index (χ1n) is 8.64. The van der Waals surface area contributed by atoms with Gasteiger partial charge in [0.1, 0.15) is 5.56 Å². The Bertz CT molecular complexity index is 701. The molecule has 6 nitrogen and oxygen atoms in total. The van der Waals surface area contributed by atoms with Crippen LogP contribution in [0.4, 0.5) is 11.4 Å². The van der Waals surface area contributed by atoms with Gasteiger partial charge in [-0.2, -0.15) is 0 Å². The summed E-state index contributed by atoms with van der Waals surface area (Å²) in [6.45, 7) is 9.95. The van der Waals surface area contributed by atoms with Gasteiger partial charge in [0, 0.05) is 11.6 Å². The largest absolute Gasteiger partial charge is 0.283 e. The van der Waals surface area contributed by atoms with E-state index in [1.165, 1.54) is 0 Å². The molecule has 0 unspecified atom stereocenters. The molecule has 0 aromatic heterocycles. The summed E-state index contributed by atoms with van der Waals surface area (Å²) in [5, 5.41) is 23.5. The number of nitro benzene ring substituents is 2. The Balaban J connectivity index is 3.02. The fraction of sp³-hybridized carbons (Fsp3) is 0.667. The first-order valence-corrected chi connectivity index (χ1v) is 8.64. The minimum atomic E-state index is -0.472. The summed E-state index contributed by atoms with van der Waals surface area (Å²) in [6, 6.07) is 1.62. The first kappa shape index (κ1) is 18.4. The molecule has 6 heteroatoms. The van der Waals surface area contributed by atoms with E-state index >= 15 is 0 Å². The van der Waals surface area contributed by atoms with E-state index in [1.54, 1.807) is 13.0 Å². The highest BCUT2D eigenvalue weighted by Gasteiger charge is 2.47. The molecule has 0 radical (unpaired) electrons. The maximum Gasteiger partial charge on any atom is 0.283 e. The lowest BCUT2D eigenvalue weighted by atomic mass is 9.59. The molecular formula is C18H26N2O4. The van der Waals surface area contributed by atoms with E-state index in [4.69, 9.17) is 0 Å². The predicted molar refractivity (Wildman–Crippen MR) is 93.6 cm³/mol. The molecule has 0 N–H and O–H groups in total. The summed E-state index contributed by atoms with van der Waals surface area (Å²) in [5.74, 6) is 0. The molecule has 1 aromatic carbocycles. The summed E-state index contributed by atoms with van der Waals surface area (Å²) >= 11 is 0. The fourth-order valence-corrected chi connectivity index (χ4v) is 4.03. The van der Waals surface area contributed by atoms with Crippen LogP contribution in [0.5, 0.6) is 0 Å². The van der Waals surface area contributed by atoms with Crippen LogP contribution in [0.1, 0.15) is 77.0 Å². The molecule has 1 aliphatic carbocycles. The van der Waals surface area contributed by atoms with Gasteiger partial charge in [-0.15, -0.1) is 0 Å². The molecule has 0 amide bonds. The molecule has 2 rings (SSSR count). The SMILES string of the molecule is CCc1c([N+](=O)[O-])cc2c(c1[N+](=O)[O-])[C@@](C)(CC)CC[C@]2(C)CC. The molecule has 0 bridgehead atoms. The smallest absolute Gasteiger partial charge is 0.258 e. The van der Waals surface area contributed by atoms with Gasteiger partial charge in [0.15, 0.2) is 0 Å². The van der Waals surface area contributed by atoms with E-state index in [2.05, 4.69) is 13.8 Å². The number of fused-ring (bicyclic) bond motifs is 1. The highest BCUT2D eigenvalue weighted by atomic mass is 16.6. The van der Waals surface area contributed by atoms with Crippen LogP contribution in [-0.4, -0.2) is 9.85 Å². The second-order valence-electron chi connectivity index (χ2n) is 7.34. The van der Waals surface area contributed by atoms with Gasteiger partial charge < -0.3 is 0 Å². The van der Waals surface area contributed by atoms with Crippen molar-refractivity contribution in [2.24, 2.45) is 0 Å². The Labute approximate surface area is 142 Å². The van der Waals surface area contributed by atoms with E-state index in [1.807, 2.05) is 13.8 Å². The van der Waals surface area contributed by atoms with E-state index < -0.39 is 9.85 Å². The lowest BCUT2D eigenvalue weighted by molar-refractivity contribution is -0.396. The summed E-state index contributed by atoms with van der Waals surface area (Å²) in [7, 11) is 0. The highest BCUT2D eigenvalue weighted by molar-refractivity contribution is 5.66. The lowest BCUT2D eigenvalue weighted by Crippen LogP contribution is -2.38. The molecule has 0 saturated heterocycles. The Morgan fingerprint density at radius 3 is 1.96 bits per heavy atom. The molecule has 0 heterocycles. The molecule has 0 fully saturated rings. The molecule has 0 spiro atoms. The van der Waals surface area contributed by atoms with Crippen LogP contribution in [-0.2, 0) is 17.3 Å². The molecule has 0 saturated carbocycles. The maximum atomic E-state index is 11.9. The van der Waals surface area contributed by atoms with Crippen LogP contribution < -0.4 is 0 Å². The van der Waals surface area contributed by atoms with Crippen molar-refractivity contribution in [2.75, 3.05) is 0 Å². The van der Waals surface area contributed by atoms with Crippen LogP contribution in [0.2, 0.25) is 0 Å². The average molecular weight is 334 g/mol. The van der Waals surface area contributed by atoms with E-state index in [-0.39, 0.29) is 34.2 Å². The third-order valence-electron chi connectivity index (χ3n) is 6.16. The number of nitro groups is 2. The Morgan fingerprint density at radius 1 is 1.00 bits per heavy atom. The van der Waals surface area contributed by atoms with Gasteiger partial charge in [-0.05, 0) is 48.5 Å². The standard InChI is InChI=1S/C18H26N2O4/c1-6-12-14(19(21)22)11-13-15(16(12)20(23)24)18(5,8-3)10-9-17(13,4)7-2/h11H,6-10H2,1-5H3/t17-,18-/m0/s1. The van der Waals surface area contributed by atoms with Gasteiger partial charge >= 0.3 is 0 Å². The van der Waals surface area contributed by atoms with Crippen molar-refractivity contribution >= 4 is 11.4 Å². The third-order valence-corrected chi connectivity index (χ3v) is 6.16. The van der Waals surface area contributed by atoms with E-state index in [9.17, 15) is 20.2 Å². The number of hydrogen-bond donors (Lipinski definition) is 0. The second kappa shape index (κ2) is 6.15. The summed E-state index contributed by atoms with van der Waals surface area (Å²) in [4.78, 5) is 22.6. The van der Waals surface area contributed by atoms with E-state index in [0.29, 0.717) is 0 Å². The molecule has 132 valence electrons. The van der Waals surface area contributed by atoms with Crippen molar-refractivity contribution in [3.05, 3.63) is 43.0 Å². The Hall–Kier alpha value is -1.98. The van der Waals surface area contributed by atoms with Crippen molar-refractivity contribution in [3.8, 4) is 0 Å². The summed E-state index contributed by atoms with van der Waals surface area (Å²) in [5.41, 5.74) is 1.08. The van der Waals surface area contributed by atoms with Crippen molar-refractivity contribution in [3.63, 3.8) is 0 Å². The van der Waals surface area contributed by atoms with Crippen LogP contribution in [0.15, 0.2) is 6.07 Å². The zero-order valence-electron chi connectivity index (χ0n) is 15.1. The Morgan fingerprint density at radius 2 is 1.54 bits per heavy atom. The summed E-state index contributed by atoms with van der Waals surface area (Å²) < 4.78 is 0. The minimum Gasteiger partial charge on any atom is -0.258 e. The average Bonchev–Trinajstić information content (AvgIpc) is 2.56. The quantitative estimate of drug-likeness (QED) is 0.547. The monoisotopic (exact) mass is 334 g/mol. The zero-order valence-corrected chi connectivity index (χ0v) is 15.1. The van der Waals surface area contributed by atoms with Gasteiger partial charge in [-0.3, -0.25) is 20.2 Å². The fourth-order valence-electron chi connectivity index (χ4n) is 4.03. The minimum absolute atomic E-state index is 0.0228. The van der Waals surface area contributed by atoms with Crippen molar-refractivity contribution in [2.45, 2.75) is 77.6 Å². The highest BCUT2D eigenvalue weighted by Crippen LogP contribution is 2.54. The Kier molecular flexibility index (Phi) is 4.70. The topological polar surface area (TPSA) is 86.3 Å². The van der Waals surface area contributed by atoms with Gasteiger partial charge in [0.05, 0.1) is 9.85 Å². The predicted octanol–water partition coefficient (Wildman–Crippen LogP) is 5.19. The molecule has 0 aliphatic heterocycles. The van der Waals surface area contributed by atoms with Gasteiger partial charge in [0.2, 0.25) is 0 Å². The lowest BCUT2D eigenvalue weighted by Gasteiger charge is -2.44. The second-order valence-corrected chi connectivity index (χ2v) is 7.34. The number of rotatable bonds is 5. The van der Waals surface area contributed by atoms with Crippen molar-refractivity contribution < 1.29 is 9.85 Å². The van der Waals surface area contributed by atoms with Crippen LogP contribution in [0.3, 0.4) is 0 Å². The summed E-state index contributed by atoms with van der Waals surface area (Å²) in [6.07, 6.45) is 3.62. The van der Waals surface area contributed by atoms with Gasteiger partial charge in [-0.25, -0.2) is 0 Å². The first-order chi connectivity index (χ1) is 11.1. The molecule has 2 atom stereocenters. The number of nitrogens with zero attached hydrogens (tertiary/aromatic N) is 2. The van der Waals surface area contributed by atoms with Crippen molar-refractivity contribution in [1.29, 1.82) is 0 Å². The zero-order chi connectivity index (χ0) is 18.3. The van der Waals surface area contributed by atoms with Crippen LogP contribution in [0, 0.1) is 20.2 Å². The van der Waals surface area contributed by atoms with Crippen LogP contribution in [0.25, 0.3) is 0 Å². The normalized spacial score (nSPS) is 26.0. The molecule has 24 heavy (non-hydrogen) atoms. The molecule has 1 aromatic rings. The number of benzene rings is 1. The number of hydrogen-bond acceptors (Lipinski definition) is 4. The molecule has 1 aliphatic rings. The maximum absolute atomic E-state index is 11.9.